The Bertz CT molecular complexity index is 694. The monoisotopic (exact) mass is 375 g/mol. The van der Waals surface area contributed by atoms with Gasteiger partial charge in [0, 0.05) is 31.7 Å². The average molecular weight is 375 g/mol. The van der Waals surface area contributed by atoms with Crippen molar-refractivity contribution in [2.24, 2.45) is 11.7 Å². The SMILES string of the molecule is COc1ccc(C(=O)N2CC3CCCC(C2)N(C)C3=O)cc1OCCCN. The molecule has 2 saturated heterocycles. The molecular formula is C20H29N3O4. The van der Waals surface area contributed by atoms with Gasteiger partial charge in [-0.05, 0) is 44.0 Å². The number of hydrogen-bond donors (Lipinski definition) is 1. The fourth-order valence-electron chi connectivity index (χ4n) is 3.90. The molecule has 3 rings (SSSR count). The standard InChI is InChI=1S/C20H29N3O4/c1-22-16-6-3-5-15(19(22)24)12-23(13-16)20(25)14-7-8-17(26-2)18(11-14)27-10-4-9-21/h7-8,11,15-16H,3-6,9-10,12-13,21H2,1-2H3. The summed E-state index contributed by atoms with van der Waals surface area (Å²) in [5.74, 6) is 1.12. The summed E-state index contributed by atoms with van der Waals surface area (Å²) in [6, 6.07) is 5.32. The van der Waals surface area contributed by atoms with E-state index in [0.29, 0.717) is 43.3 Å². The second-order valence-corrected chi connectivity index (χ2v) is 7.30. The summed E-state index contributed by atoms with van der Waals surface area (Å²) in [6.45, 7) is 2.07. The zero-order valence-corrected chi connectivity index (χ0v) is 16.1. The molecule has 2 amide bonds. The molecule has 2 fully saturated rings. The molecular weight excluding hydrogens is 346 g/mol. The fourth-order valence-corrected chi connectivity index (χ4v) is 3.90. The normalized spacial score (nSPS) is 22.4. The Hall–Kier alpha value is -2.28. The highest BCUT2D eigenvalue weighted by molar-refractivity contribution is 5.95. The van der Waals surface area contributed by atoms with Gasteiger partial charge in [-0.15, -0.1) is 0 Å². The van der Waals surface area contributed by atoms with E-state index in [-0.39, 0.29) is 23.8 Å². The van der Waals surface area contributed by atoms with Crippen molar-refractivity contribution < 1.29 is 19.1 Å². The van der Waals surface area contributed by atoms with Gasteiger partial charge >= 0.3 is 0 Å². The van der Waals surface area contributed by atoms with Crippen molar-refractivity contribution in [1.82, 2.24) is 9.80 Å². The van der Waals surface area contributed by atoms with Gasteiger partial charge in [0.15, 0.2) is 11.5 Å². The van der Waals surface area contributed by atoms with Gasteiger partial charge in [0.2, 0.25) is 5.91 Å². The Morgan fingerprint density at radius 2 is 2.07 bits per heavy atom. The van der Waals surface area contributed by atoms with Crippen LogP contribution in [0.15, 0.2) is 18.2 Å². The summed E-state index contributed by atoms with van der Waals surface area (Å²) in [5.41, 5.74) is 6.07. The van der Waals surface area contributed by atoms with Gasteiger partial charge in [0.1, 0.15) is 0 Å². The summed E-state index contributed by atoms with van der Waals surface area (Å²) >= 11 is 0. The van der Waals surface area contributed by atoms with Crippen molar-refractivity contribution in [3.05, 3.63) is 23.8 Å². The zero-order chi connectivity index (χ0) is 19.4. The number of likely N-dealkylation sites (tertiary alicyclic amines) is 1. The molecule has 2 heterocycles. The minimum atomic E-state index is -0.107. The van der Waals surface area contributed by atoms with Crippen LogP contribution < -0.4 is 15.2 Å². The van der Waals surface area contributed by atoms with Crippen molar-refractivity contribution in [3.8, 4) is 11.5 Å². The summed E-state index contributed by atoms with van der Waals surface area (Å²) in [6.07, 6.45) is 3.55. The van der Waals surface area contributed by atoms with E-state index in [9.17, 15) is 9.59 Å². The number of fused-ring (bicyclic) bond motifs is 3. The maximum Gasteiger partial charge on any atom is 0.254 e. The summed E-state index contributed by atoms with van der Waals surface area (Å²) in [5, 5.41) is 0. The molecule has 2 unspecified atom stereocenters. The van der Waals surface area contributed by atoms with Crippen LogP contribution in [0.1, 0.15) is 36.0 Å². The molecule has 0 spiro atoms. The van der Waals surface area contributed by atoms with Gasteiger partial charge in [-0.25, -0.2) is 0 Å². The van der Waals surface area contributed by atoms with Crippen LogP contribution in [0, 0.1) is 5.92 Å². The number of carbonyl (C=O) groups excluding carboxylic acids is 2. The van der Waals surface area contributed by atoms with Gasteiger partial charge in [-0.2, -0.15) is 0 Å². The Balaban J connectivity index is 1.80. The number of benzene rings is 1. The van der Waals surface area contributed by atoms with Crippen molar-refractivity contribution in [1.29, 1.82) is 0 Å². The van der Waals surface area contributed by atoms with Crippen LogP contribution in [0.2, 0.25) is 0 Å². The van der Waals surface area contributed by atoms with Gasteiger partial charge < -0.3 is 25.0 Å². The van der Waals surface area contributed by atoms with Gasteiger partial charge in [-0.1, -0.05) is 6.42 Å². The van der Waals surface area contributed by atoms with Crippen LogP contribution in [0.4, 0.5) is 0 Å². The van der Waals surface area contributed by atoms with E-state index in [1.807, 2.05) is 16.8 Å². The summed E-state index contributed by atoms with van der Waals surface area (Å²) in [4.78, 5) is 29.4. The first kappa shape index (κ1) is 19.5. The van der Waals surface area contributed by atoms with Crippen LogP contribution >= 0.6 is 0 Å². The Labute approximate surface area is 160 Å². The number of nitrogens with zero attached hydrogens (tertiary/aromatic N) is 2. The topological polar surface area (TPSA) is 85.1 Å². The lowest BCUT2D eigenvalue weighted by Crippen LogP contribution is -2.42. The fraction of sp³-hybridized carbons (Fsp3) is 0.600. The number of methoxy groups -OCH3 is 1. The predicted molar refractivity (Wildman–Crippen MR) is 102 cm³/mol. The Morgan fingerprint density at radius 1 is 1.26 bits per heavy atom. The van der Waals surface area contributed by atoms with E-state index in [1.54, 1.807) is 25.3 Å². The molecule has 2 aliphatic rings. The molecule has 7 nitrogen and oxygen atoms in total. The third kappa shape index (κ3) is 4.18. The van der Waals surface area contributed by atoms with Crippen LogP contribution in [-0.4, -0.2) is 68.1 Å². The maximum absolute atomic E-state index is 13.2. The van der Waals surface area contributed by atoms with Crippen molar-refractivity contribution in [3.63, 3.8) is 0 Å². The minimum absolute atomic E-state index is 0.0682. The third-order valence-corrected chi connectivity index (χ3v) is 5.51. The van der Waals surface area contributed by atoms with Crippen molar-refractivity contribution in [2.45, 2.75) is 31.7 Å². The molecule has 0 aromatic heterocycles. The summed E-state index contributed by atoms with van der Waals surface area (Å²) < 4.78 is 11.1. The lowest BCUT2D eigenvalue weighted by atomic mass is 9.98. The van der Waals surface area contributed by atoms with Crippen LogP contribution in [0.5, 0.6) is 11.5 Å². The highest BCUT2D eigenvalue weighted by Crippen LogP contribution is 2.31. The van der Waals surface area contributed by atoms with Crippen LogP contribution in [0.25, 0.3) is 0 Å². The molecule has 1 aromatic rings. The number of amides is 2. The lowest BCUT2D eigenvalue weighted by Gasteiger charge is -2.29. The molecule has 27 heavy (non-hydrogen) atoms. The number of carbonyl (C=O) groups is 2. The van der Waals surface area contributed by atoms with E-state index >= 15 is 0 Å². The summed E-state index contributed by atoms with van der Waals surface area (Å²) in [7, 11) is 3.43. The second kappa shape index (κ2) is 8.61. The highest BCUT2D eigenvalue weighted by Gasteiger charge is 2.38. The number of rotatable bonds is 6. The second-order valence-electron chi connectivity index (χ2n) is 7.30. The number of hydrogen-bond acceptors (Lipinski definition) is 5. The van der Waals surface area contributed by atoms with Crippen molar-refractivity contribution >= 4 is 11.8 Å². The lowest BCUT2D eigenvalue weighted by molar-refractivity contribution is -0.134. The highest BCUT2D eigenvalue weighted by atomic mass is 16.5. The Kier molecular flexibility index (Phi) is 6.21. The van der Waals surface area contributed by atoms with E-state index < -0.39 is 0 Å². The first-order valence-electron chi connectivity index (χ1n) is 9.62. The van der Waals surface area contributed by atoms with Gasteiger partial charge in [0.25, 0.3) is 5.91 Å². The van der Waals surface area contributed by atoms with E-state index in [0.717, 1.165) is 25.7 Å². The third-order valence-electron chi connectivity index (χ3n) is 5.51. The van der Waals surface area contributed by atoms with E-state index in [4.69, 9.17) is 15.2 Å². The number of nitrogens with two attached hydrogens (primary N) is 1. The van der Waals surface area contributed by atoms with Gasteiger partial charge in [-0.3, -0.25) is 9.59 Å². The molecule has 148 valence electrons. The Morgan fingerprint density at radius 3 is 2.81 bits per heavy atom. The maximum atomic E-state index is 13.2. The first-order chi connectivity index (χ1) is 13.0. The molecule has 7 heteroatoms. The first-order valence-corrected chi connectivity index (χ1v) is 9.62. The smallest absolute Gasteiger partial charge is 0.254 e. The average Bonchev–Trinajstić information content (AvgIpc) is 2.86. The number of ether oxygens (including phenoxy) is 2. The molecule has 2 bridgehead atoms. The molecule has 1 aromatic carbocycles. The molecule has 2 atom stereocenters. The molecule has 0 aliphatic carbocycles. The van der Waals surface area contributed by atoms with Crippen LogP contribution in [0.3, 0.4) is 0 Å². The molecule has 0 radical (unpaired) electrons. The molecule has 2 N–H and O–H groups in total. The van der Waals surface area contributed by atoms with Gasteiger partial charge in [0.05, 0.1) is 19.6 Å². The van der Waals surface area contributed by atoms with Crippen molar-refractivity contribution in [2.75, 3.05) is 40.4 Å². The minimum Gasteiger partial charge on any atom is -0.493 e. The zero-order valence-electron chi connectivity index (χ0n) is 16.1. The largest absolute Gasteiger partial charge is 0.493 e. The quantitative estimate of drug-likeness (QED) is 0.762. The molecule has 0 saturated carbocycles. The molecule has 2 aliphatic heterocycles. The van der Waals surface area contributed by atoms with E-state index in [1.165, 1.54) is 0 Å². The number of likely N-dealkylation sites (N-methyl/N-ethyl adjacent to an activating group) is 1. The van der Waals surface area contributed by atoms with Crippen LogP contribution in [-0.2, 0) is 4.79 Å². The predicted octanol–water partition coefficient (Wildman–Crippen LogP) is 1.51. The van der Waals surface area contributed by atoms with E-state index in [2.05, 4.69) is 0 Å².